The molecule has 0 aliphatic carbocycles. The van der Waals surface area contributed by atoms with Crippen LogP contribution in [0.1, 0.15) is 23.5 Å². The fourth-order valence-corrected chi connectivity index (χ4v) is 2.41. The van der Waals surface area contributed by atoms with Gasteiger partial charge in [-0.2, -0.15) is 13.2 Å². The number of aromatic nitrogens is 1. The Balaban J connectivity index is 2.50. The molecule has 96 valence electrons. The summed E-state index contributed by atoms with van der Waals surface area (Å²) in [5.74, 6) is 0. The van der Waals surface area contributed by atoms with Crippen molar-refractivity contribution in [2.45, 2.75) is 19.2 Å². The van der Waals surface area contributed by atoms with Crippen LogP contribution < -0.4 is 0 Å². The summed E-state index contributed by atoms with van der Waals surface area (Å²) in [5.41, 5.74) is -0.668. The zero-order valence-corrected chi connectivity index (χ0v) is 10.2. The van der Waals surface area contributed by atoms with Crippen molar-refractivity contribution in [1.82, 2.24) is 4.98 Å². The van der Waals surface area contributed by atoms with Gasteiger partial charge in [0, 0.05) is 11.8 Å². The van der Waals surface area contributed by atoms with Crippen LogP contribution in [0.3, 0.4) is 0 Å². The molecule has 1 aromatic carbocycles. The monoisotopic (exact) mass is 273 g/mol. The molecule has 2 aromatic rings. The second-order valence-electron chi connectivity index (χ2n) is 3.79. The molecule has 0 radical (unpaired) electrons. The quantitative estimate of drug-likeness (QED) is 0.900. The summed E-state index contributed by atoms with van der Waals surface area (Å²) in [7, 11) is 0. The van der Waals surface area contributed by atoms with Gasteiger partial charge in [0.05, 0.1) is 16.5 Å². The first-order valence-corrected chi connectivity index (χ1v) is 6.01. The summed E-state index contributed by atoms with van der Waals surface area (Å²) < 4.78 is 38.5. The minimum Gasteiger partial charge on any atom is -0.388 e. The molecule has 6 heteroatoms. The highest BCUT2D eigenvalue weighted by Gasteiger charge is 2.34. The number of alkyl halides is 3. The van der Waals surface area contributed by atoms with E-state index in [2.05, 4.69) is 4.98 Å². The largest absolute Gasteiger partial charge is 0.417 e. The Morgan fingerprint density at radius 1 is 1.28 bits per heavy atom. The Hall–Kier alpha value is -1.40. The average Bonchev–Trinajstić information content (AvgIpc) is 2.77. The molecule has 1 N–H and O–H groups in total. The molecule has 0 amide bonds. The normalized spacial score (nSPS) is 13.6. The second kappa shape index (κ2) is 4.70. The predicted molar refractivity (Wildman–Crippen MR) is 63.2 cm³/mol. The molecule has 1 unspecified atom stereocenters. The van der Waals surface area contributed by atoms with Crippen molar-refractivity contribution in [3.63, 3.8) is 0 Å². The van der Waals surface area contributed by atoms with Crippen molar-refractivity contribution in [2.75, 3.05) is 0 Å². The summed E-state index contributed by atoms with van der Waals surface area (Å²) in [4.78, 5) is 4.48. The average molecular weight is 273 g/mol. The lowest BCUT2D eigenvalue weighted by atomic mass is 10.1. The van der Waals surface area contributed by atoms with Gasteiger partial charge in [-0.05, 0) is 13.0 Å². The van der Waals surface area contributed by atoms with Gasteiger partial charge in [0.2, 0.25) is 0 Å². The summed E-state index contributed by atoms with van der Waals surface area (Å²) in [5, 5.41) is 9.62. The predicted octanol–water partition coefficient (Wildman–Crippen LogP) is 3.88. The Labute approximate surface area is 106 Å². The third-order valence-corrected chi connectivity index (χ3v) is 3.60. The van der Waals surface area contributed by atoms with Crippen LogP contribution in [0.15, 0.2) is 30.5 Å². The molecule has 0 spiro atoms. The van der Waals surface area contributed by atoms with E-state index in [1.807, 2.05) is 0 Å². The van der Waals surface area contributed by atoms with Gasteiger partial charge in [-0.1, -0.05) is 18.2 Å². The third kappa shape index (κ3) is 2.54. The van der Waals surface area contributed by atoms with Crippen LogP contribution in [-0.4, -0.2) is 10.1 Å². The first kappa shape index (κ1) is 13.0. The van der Waals surface area contributed by atoms with Crippen molar-refractivity contribution < 1.29 is 18.3 Å². The van der Waals surface area contributed by atoms with Crippen LogP contribution in [-0.2, 0) is 6.18 Å². The molecule has 1 heterocycles. The second-order valence-corrected chi connectivity index (χ2v) is 4.85. The number of aliphatic hydroxyl groups excluding tert-OH is 1. The molecule has 0 aliphatic heterocycles. The maximum atomic E-state index is 12.8. The first-order valence-electron chi connectivity index (χ1n) is 5.20. The fraction of sp³-hybridized carbons (Fsp3) is 0.250. The minimum absolute atomic E-state index is 0.0434. The number of hydrogen-bond acceptors (Lipinski definition) is 3. The van der Waals surface area contributed by atoms with E-state index in [4.69, 9.17) is 0 Å². The van der Waals surface area contributed by atoms with Crippen LogP contribution in [0.2, 0.25) is 0 Å². The summed E-state index contributed by atoms with van der Waals surface area (Å²) in [6.07, 6.45) is -3.74. The summed E-state index contributed by atoms with van der Waals surface area (Å²) in [6, 6.07) is 5.29. The summed E-state index contributed by atoms with van der Waals surface area (Å²) >= 11 is 1.06. The Morgan fingerprint density at radius 2 is 1.94 bits per heavy atom. The fourth-order valence-electron chi connectivity index (χ4n) is 1.52. The zero-order chi connectivity index (χ0) is 13.3. The molecular weight excluding hydrogens is 263 g/mol. The Morgan fingerprint density at radius 3 is 2.50 bits per heavy atom. The molecule has 0 bridgehead atoms. The zero-order valence-electron chi connectivity index (χ0n) is 9.40. The molecule has 0 saturated heterocycles. The number of thiazole rings is 1. The number of hydrogen-bond donors (Lipinski definition) is 1. The smallest absolute Gasteiger partial charge is 0.388 e. The van der Waals surface area contributed by atoms with Gasteiger partial charge in [0.1, 0.15) is 5.01 Å². The van der Waals surface area contributed by atoms with E-state index in [9.17, 15) is 18.3 Å². The van der Waals surface area contributed by atoms with Gasteiger partial charge in [-0.3, -0.25) is 0 Å². The lowest BCUT2D eigenvalue weighted by molar-refractivity contribution is -0.137. The number of rotatable bonds is 2. The maximum Gasteiger partial charge on any atom is 0.417 e. The molecule has 2 nitrogen and oxygen atoms in total. The standard InChI is InChI=1S/C12H10F3NOS/c1-7(17)10-6-16-11(18-10)8-4-2-3-5-9(8)12(13,14)15/h2-7,17H,1H3. The molecule has 18 heavy (non-hydrogen) atoms. The minimum atomic E-state index is -4.41. The van der Waals surface area contributed by atoms with Gasteiger partial charge in [-0.15, -0.1) is 11.3 Å². The van der Waals surface area contributed by atoms with Crippen LogP contribution in [0.25, 0.3) is 10.6 Å². The van der Waals surface area contributed by atoms with Crippen molar-refractivity contribution in [2.24, 2.45) is 0 Å². The number of benzene rings is 1. The molecule has 0 fully saturated rings. The van der Waals surface area contributed by atoms with Gasteiger partial charge < -0.3 is 5.11 Å². The van der Waals surface area contributed by atoms with E-state index >= 15 is 0 Å². The SMILES string of the molecule is CC(O)c1cnc(-c2ccccc2C(F)(F)F)s1. The van der Waals surface area contributed by atoms with Gasteiger partial charge in [-0.25, -0.2) is 4.98 Å². The third-order valence-electron chi connectivity index (χ3n) is 2.40. The van der Waals surface area contributed by atoms with Crippen molar-refractivity contribution in [1.29, 1.82) is 0 Å². The molecule has 0 aliphatic rings. The highest BCUT2D eigenvalue weighted by Crippen LogP contribution is 2.38. The number of nitrogens with zero attached hydrogens (tertiary/aromatic N) is 1. The lowest BCUT2D eigenvalue weighted by Gasteiger charge is -2.10. The summed E-state index contributed by atoms with van der Waals surface area (Å²) in [6.45, 7) is 1.55. The van der Waals surface area contributed by atoms with Crippen LogP contribution in [0.4, 0.5) is 13.2 Å². The topological polar surface area (TPSA) is 33.1 Å². The molecular formula is C12H10F3NOS. The Bertz CT molecular complexity index is 548. The van der Waals surface area contributed by atoms with Crippen LogP contribution in [0, 0.1) is 0 Å². The molecule has 2 rings (SSSR count). The van der Waals surface area contributed by atoms with E-state index in [0.29, 0.717) is 4.88 Å². The highest BCUT2D eigenvalue weighted by atomic mass is 32.1. The van der Waals surface area contributed by atoms with Gasteiger partial charge >= 0.3 is 6.18 Å². The molecule has 0 saturated carbocycles. The Kier molecular flexibility index (Phi) is 3.41. The van der Waals surface area contributed by atoms with Crippen LogP contribution >= 0.6 is 11.3 Å². The van der Waals surface area contributed by atoms with Gasteiger partial charge in [0.25, 0.3) is 0 Å². The maximum absolute atomic E-state index is 12.8. The van der Waals surface area contributed by atoms with Crippen molar-refractivity contribution in [3.05, 3.63) is 40.9 Å². The van der Waals surface area contributed by atoms with E-state index < -0.39 is 17.8 Å². The van der Waals surface area contributed by atoms with E-state index in [1.165, 1.54) is 24.4 Å². The number of halogens is 3. The molecule has 1 atom stereocenters. The van der Waals surface area contributed by atoms with Crippen molar-refractivity contribution in [3.8, 4) is 10.6 Å². The molecule has 1 aromatic heterocycles. The van der Waals surface area contributed by atoms with Gasteiger partial charge in [0.15, 0.2) is 0 Å². The van der Waals surface area contributed by atoms with E-state index in [-0.39, 0.29) is 10.6 Å². The van der Waals surface area contributed by atoms with E-state index in [1.54, 1.807) is 6.92 Å². The highest BCUT2D eigenvalue weighted by molar-refractivity contribution is 7.15. The van der Waals surface area contributed by atoms with Crippen LogP contribution in [0.5, 0.6) is 0 Å². The van der Waals surface area contributed by atoms with Crippen molar-refractivity contribution >= 4 is 11.3 Å². The number of aliphatic hydroxyl groups is 1. The van der Waals surface area contributed by atoms with E-state index in [0.717, 1.165) is 17.4 Å². The lowest BCUT2D eigenvalue weighted by Crippen LogP contribution is -2.06. The first-order chi connectivity index (χ1) is 8.39.